The lowest BCUT2D eigenvalue weighted by Gasteiger charge is -1.98. The first-order valence-electron chi connectivity index (χ1n) is 5.82. The quantitative estimate of drug-likeness (QED) is 0.884. The molecule has 17 heavy (non-hydrogen) atoms. The van der Waals surface area contributed by atoms with Gasteiger partial charge in [0.15, 0.2) is 5.13 Å². The molecule has 1 amide bonds. The van der Waals surface area contributed by atoms with Gasteiger partial charge >= 0.3 is 0 Å². The molecule has 1 aromatic heterocycles. The highest BCUT2D eigenvalue weighted by atomic mass is 32.1. The highest BCUT2D eigenvalue weighted by Crippen LogP contribution is 2.39. The summed E-state index contributed by atoms with van der Waals surface area (Å²) in [6.45, 7) is 4.14. The number of thiazole rings is 1. The summed E-state index contributed by atoms with van der Waals surface area (Å²) >= 11 is 1.54. The van der Waals surface area contributed by atoms with Gasteiger partial charge in [-0.15, -0.1) is 0 Å². The fourth-order valence-electron chi connectivity index (χ4n) is 2.03. The molecular weight excluding hydrogens is 232 g/mol. The molecule has 1 aromatic carbocycles. The van der Waals surface area contributed by atoms with Gasteiger partial charge in [0, 0.05) is 5.92 Å². The van der Waals surface area contributed by atoms with Crippen LogP contribution in [0.25, 0.3) is 10.2 Å². The Morgan fingerprint density at radius 3 is 2.94 bits per heavy atom. The molecule has 2 aromatic rings. The summed E-state index contributed by atoms with van der Waals surface area (Å²) in [6, 6.07) is 6.09. The largest absolute Gasteiger partial charge is 0.302 e. The van der Waals surface area contributed by atoms with Crippen molar-refractivity contribution in [2.75, 3.05) is 5.32 Å². The van der Waals surface area contributed by atoms with Crippen molar-refractivity contribution in [3.05, 3.63) is 23.8 Å². The van der Waals surface area contributed by atoms with Crippen molar-refractivity contribution in [3.63, 3.8) is 0 Å². The van der Waals surface area contributed by atoms with Gasteiger partial charge in [-0.25, -0.2) is 4.98 Å². The van der Waals surface area contributed by atoms with Crippen molar-refractivity contribution in [2.24, 2.45) is 11.8 Å². The van der Waals surface area contributed by atoms with Crippen LogP contribution in [0.5, 0.6) is 0 Å². The van der Waals surface area contributed by atoms with Crippen LogP contribution in [0.1, 0.15) is 18.9 Å². The van der Waals surface area contributed by atoms with Gasteiger partial charge in [0.1, 0.15) is 0 Å². The molecule has 1 fully saturated rings. The van der Waals surface area contributed by atoms with Crippen LogP contribution in [0.2, 0.25) is 0 Å². The minimum atomic E-state index is 0.120. The Labute approximate surface area is 104 Å². The van der Waals surface area contributed by atoms with E-state index in [1.807, 2.05) is 25.1 Å². The van der Waals surface area contributed by atoms with Gasteiger partial charge in [-0.1, -0.05) is 30.4 Å². The summed E-state index contributed by atoms with van der Waals surface area (Å²) in [5.74, 6) is 0.850. The number of hydrogen-bond donors (Lipinski definition) is 1. The SMILES string of the molecule is Cc1cccc2sc(NC(=O)[C@@H]3C[C@H]3C)nc12. The smallest absolute Gasteiger partial charge is 0.229 e. The lowest BCUT2D eigenvalue weighted by Crippen LogP contribution is -2.14. The number of rotatable bonds is 2. The van der Waals surface area contributed by atoms with Gasteiger partial charge in [-0.2, -0.15) is 0 Å². The zero-order valence-corrected chi connectivity index (χ0v) is 10.7. The Kier molecular flexibility index (Phi) is 2.40. The molecule has 1 aliphatic carbocycles. The Bertz CT molecular complexity index is 590. The number of aromatic nitrogens is 1. The second kappa shape index (κ2) is 3.81. The number of aryl methyl sites for hydroxylation is 1. The van der Waals surface area contributed by atoms with Crippen molar-refractivity contribution in [1.29, 1.82) is 0 Å². The van der Waals surface area contributed by atoms with E-state index in [9.17, 15) is 4.79 Å². The molecule has 1 aliphatic rings. The number of amides is 1. The van der Waals surface area contributed by atoms with E-state index in [0.717, 1.165) is 27.3 Å². The maximum absolute atomic E-state index is 11.8. The first-order chi connectivity index (χ1) is 8.15. The van der Waals surface area contributed by atoms with Crippen LogP contribution >= 0.6 is 11.3 Å². The summed E-state index contributed by atoms with van der Waals surface area (Å²) in [5.41, 5.74) is 2.15. The normalized spacial score (nSPS) is 22.7. The monoisotopic (exact) mass is 246 g/mol. The number of carbonyl (C=O) groups excluding carboxylic acids is 1. The second-order valence-electron chi connectivity index (χ2n) is 4.75. The molecule has 0 saturated heterocycles. The van der Waals surface area contributed by atoms with Gasteiger partial charge in [0.05, 0.1) is 10.2 Å². The molecule has 0 aliphatic heterocycles. The highest BCUT2D eigenvalue weighted by molar-refractivity contribution is 7.22. The number of anilines is 1. The minimum absolute atomic E-state index is 0.120. The Balaban J connectivity index is 1.86. The fraction of sp³-hybridized carbons (Fsp3) is 0.385. The average molecular weight is 246 g/mol. The zero-order chi connectivity index (χ0) is 12.0. The molecule has 1 saturated carbocycles. The Hall–Kier alpha value is -1.42. The first kappa shape index (κ1) is 10.7. The maximum Gasteiger partial charge on any atom is 0.229 e. The van der Waals surface area contributed by atoms with E-state index in [0.29, 0.717) is 5.92 Å². The Morgan fingerprint density at radius 2 is 2.29 bits per heavy atom. The molecule has 2 atom stereocenters. The van der Waals surface area contributed by atoms with Crippen molar-refractivity contribution < 1.29 is 4.79 Å². The van der Waals surface area contributed by atoms with Crippen molar-refractivity contribution >= 4 is 32.6 Å². The first-order valence-corrected chi connectivity index (χ1v) is 6.64. The number of nitrogens with zero attached hydrogens (tertiary/aromatic N) is 1. The van der Waals surface area contributed by atoms with Crippen LogP contribution in [0, 0.1) is 18.8 Å². The van der Waals surface area contributed by atoms with Gasteiger partial charge in [0.25, 0.3) is 0 Å². The van der Waals surface area contributed by atoms with Crippen LogP contribution in [-0.4, -0.2) is 10.9 Å². The van der Waals surface area contributed by atoms with Crippen LogP contribution in [-0.2, 0) is 4.79 Å². The minimum Gasteiger partial charge on any atom is -0.302 e. The van der Waals surface area contributed by atoms with Crippen LogP contribution in [0.15, 0.2) is 18.2 Å². The van der Waals surface area contributed by atoms with Gasteiger partial charge in [-0.3, -0.25) is 4.79 Å². The molecule has 3 nitrogen and oxygen atoms in total. The molecule has 0 bridgehead atoms. The molecule has 0 radical (unpaired) electrons. The summed E-state index contributed by atoms with van der Waals surface area (Å²) in [5, 5.41) is 3.64. The van der Waals surface area contributed by atoms with Gasteiger partial charge in [0.2, 0.25) is 5.91 Å². The third kappa shape index (κ3) is 1.93. The third-order valence-corrected chi connectivity index (χ3v) is 4.23. The third-order valence-electron chi connectivity index (χ3n) is 3.30. The van der Waals surface area contributed by atoms with Crippen molar-refractivity contribution in [1.82, 2.24) is 4.98 Å². The van der Waals surface area contributed by atoms with Crippen molar-refractivity contribution in [2.45, 2.75) is 20.3 Å². The van der Waals surface area contributed by atoms with E-state index in [1.54, 1.807) is 11.3 Å². The van der Waals surface area contributed by atoms with E-state index in [-0.39, 0.29) is 11.8 Å². The van der Waals surface area contributed by atoms with Crippen molar-refractivity contribution in [3.8, 4) is 0 Å². The summed E-state index contributed by atoms with van der Waals surface area (Å²) < 4.78 is 1.13. The predicted octanol–water partition coefficient (Wildman–Crippen LogP) is 3.20. The number of benzene rings is 1. The summed E-state index contributed by atoms with van der Waals surface area (Å²) in [6.07, 6.45) is 1.01. The van der Waals surface area contributed by atoms with Gasteiger partial charge in [-0.05, 0) is 30.9 Å². The van der Waals surface area contributed by atoms with Crippen LogP contribution in [0.4, 0.5) is 5.13 Å². The number of hydrogen-bond acceptors (Lipinski definition) is 3. The molecular formula is C13H14N2OS. The van der Waals surface area contributed by atoms with E-state index in [1.165, 1.54) is 0 Å². The molecule has 3 rings (SSSR count). The molecule has 1 N–H and O–H groups in total. The summed E-state index contributed by atoms with van der Waals surface area (Å²) in [4.78, 5) is 16.3. The van der Waals surface area contributed by atoms with E-state index in [4.69, 9.17) is 0 Å². The molecule has 4 heteroatoms. The van der Waals surface area contributed by atoms with Gasteiger partial charge < -0.3 is 5.32 Å². The molecule has 0 unspecified atom stereocenters. The average Bonchev–Trinajstić information content (AvgIpc) is 2.87. The lowest BCUT2D eigenvalue weighted by atomic mass is 10.2. The van der Waals surface area contributed by atoms with E-state index in [2.05, 4.69) is 17.2 Å². The maximum atomic E-state index is 11.8. The standard InChI is InChI=1S/C13H14N2OS/c1-7-4-3-5-10-11(7)14-13(17-10)15-12(16)9-6-8(9)2/h3-5,8-9H,6H2,1-2H3,(H,14,15,16)/t8-,9-/m1/s1. The number of nitrogens with one attached hydrogen (secondary N) is 1. The van der Waals surface area contributed by atoms with Crippen LogP contribution in [0.3, 0.4) is 0 Å². The Morgan fingerprint density at radius 1 is 1.53 bits per heavy atom. The number of carbonyl (C=O) groups is 1. The van der Waals surface area contributed by atoms with E-state index >= 15 is 0 Å². The zero-order valence-electron chi connectivity index (χ0n) is 9.86. The second-order valence-corrected chi connectivity index (χ2v) is 5.78. The number of para-hydroxylation sites is 1. The highest BCUT2D eigenvalue weighted by Gasteiger charge is 2.39. The molecule has 88 valence electrons. The lowest BCUT2D eigenvalue weighted by molar-refractivity contribution is -0.117. The molecule has 0 spiro atoms. The number of fused-ring (bicyclic) bond motifs is 1. The molecule has 1 heterocycles. The topological polar surface area (TPSA) is 42.0 Å². The fourth-order valence-corrected chi connectivity index (χ4v) is 2.97. The predicted molar refractivity (Wildman–Crippen MR) is 70.3 cm³/mol. The van der Waals surface area contributed by atoms with Crippen LogP contribution < -0.4 is 5.32 Å². The van der Waals surface area contributed by atoms with E-state index < -0.39 is 0 Å². The summed E-state index contributed by atoms with van der Waals surface area (Å²) in [7, 11) is 0.